The number of para-hydroxylation sites is 1. The van der Waals surface area contributed by atoms with Crippen molar-refractivity contribution >= 4 is 87.0 Å². The van der Waals surface area contributed by atoms with Crippen LogP contribution in [0.1, 0.15) is 11.1 Å². The van der Waals surface area contributed by atoms with Crippen LogP contribution in [0.2, 0.25) is 0 Å². The maximum absolute atomic E-state index is 6.94. The van der Waals surface area contributed by atoms with Gasteiger partial charge >= 0.3 is 0 Å². The van der Waals surface area contributed by atoms with Crippen molar-refractivity contribution in [2.24, 2.45) is 0 Å². The topological polar surface area (TPSA) is 26.3 Å². The molecule has 67 heavy (non-hydrogen) atoms. The third-order valence-electron chi connectivity index (χ3n) is 14.7. The van der Waals surface area contributed by atoms with Gasteiger partial charge in [-0.05, 0) is 153 Å². The molecule has 1 aliphatic rings. The Labute approximate surface area is 385 Å². The molecule has 15 rings (SSSR count). The van der Waals surface area contributed by atoms with Crippen molar-refractivity contribution < 1.29 is 8.83 Å². The summed E-state index contributed by atoms with van der Waals surface area (Å²) >= 11 is 0. The summed E-state index contributed by atoms with van der Waals surface area (Å²) in [5, 5.41) is 14.3. The van der Waals surface area contributed by atoms with Gasteiger partial charge in [-0.3, -0.25) is 0 Å². The summed E-state index contributed by atoms with van der Waals surface area (Å²) in [5.74, 6) is 0. The molecule has 0 spiro atoms. The van der Waals surface area contributed by atoms with Crippen molar-refractivity contribution in [2.45, 2.75) is 6.42 Å². The van der Waals surface area contributed by atoms with E-state index in [0.29, 0.717) is 0 Å². The van der Waals surface area contributed by atoms with Crippen LogP contribution in [0.3, 0.4) is 0 Å². The van der Waals surface area contributed by atoms with Gasteiger partial charge in [0.2, 0.25) is 0 Å². The van der Waals surface area contributed by atoms with Crippen LogP contribution in [0.5, 0.6) is 0 Å². The predicted molar refractivity (Wildman–Crippen MR) is 281 cm³/mol. The van der Waals surface area contributed by atoms with Crippen molar-refractivity contribution in [3.05, 3.63) is 230 Å². The zero-order chi connectivity index (χ0) is 43.7. The van der Waals surface area contributed by atoms with Crippen LogP contribution in [-0.4, -0.2) is 0 Å². The Balaban J connectivity index is 0.919. The number of benzene rings is 12. The maximum atomic E-state index is 6.94. The molecule has 1 aliphatic carbocycles. The van der Waals surface area contributed by atoms with Crippen LogP contribution in [0, 0.1) is 0 Å². The fourth-order valence-corrected chi connectivity index (χ4v) is 11.9. The SMILES string of the molecule is c1ccc2c(c1)Cc1cc(-c3c4ccccc4c(-c4cccc5oc6cc(-c7c8ccccc8c(-c8ccc9c(c8)oc8ccccc89)c8ccccc78)ccc6c45)c4ccccc34)ccc1-2. The molecule has 12 aromatic carbocycles. The highest BCUT2D eigenvalue weighted by molar-refractivity contribution is 6.27. The van der Waals surface area contributed by atoms with Crippen molar-refractivity contribution in [3.63, 3.8) is 0 Å². The third kappa shape index (κ3) is 5.27. The number of fused-ring (bicyclic) bond motifs is 13. The molecular weight excluding hydrogens is 813 g/mol. The van der Waals surface area contributed by atoms with E-state index in [9.17, 15) is 0 Å². The lowest BCUT2D eigenvalue weighted by atomic mass is 9.84. The van der Waals surface area contributed by atoms with Crippen LogP contribution in [0.25, 0.3) is 143 Å². The molecule has 2 heterocycles. The standard InChI is InChI=1S/C65H38O2/c1-2-15-43-38(14-1)34-42-35-39(28-31-44(42)43)61-51-21-7-9-23-53(51)64(54-24-10-8-22-52(54)61)56-25-13-27-58-65(56)55-33-30-41(37-60(55)67-58)63-49-19-5-3-17-47(49)62(48-18-4-6-20-50(48)63)40-29-32-46-45-16-11-12-26-57(45)66-59(46)36-40/h1-33,35-37H,34H2. The Hall–Kier alpha value is -8.72. The Bertz CT molecular complexity index is 4310. The molecule has 0 saturated carbocycles. The van der Waals surface area contributed by atoms with Gasteiger partial charge in [0.1, 0.15) is 22.3 Å². The predicted octanol–water partition coefficient (Wildman–Crippen LogP) is 18.3. The average molecular weight is 851 g/mol. The third-order valence-corrected chi connectivity index (χ3v) is 14.7. The minimum Gasteiger partial charge on any atom is -0.456 e. The average Bonchev–Trinajstić information content (AvgIpc) is 4.07. The van der Waals surface area contributed by atoms with Crippen molar-refractivity contribution in [1.29, 1.82) is 0 Å². The molecule has 310 valence electrons. The summed E-state index contributed by atoms with van der Waals surface area (Å²) in [7, 11) is 0. The zero-order valence-corrected chi connectivity index (χ0v) is 36.3. The normalized spacial score (nSPS) is 12.4. The number of rotatable bonds is 4. The second-order valence-corrected chi connectivity index (χ2v) is 18.2. The fraction of sp³-hybridized carbons (Fsp3) is 0.0154. The lowest BCUT2D eigenvalue weighted by molar-refractivity contribution is 0.668. The zero-order valence-electron chi connectivity index (χ0n) is 36.3. The summed E-state index contributed by atoms with van der Waals surface area (Å²) < 4.78 is 13.3. The second-order valence-electron chi connectivity index (χ2n) is 18.2. The Morgan fingerprint density at radius 1 is 0.239 bits per heavy atom. The quantitative estimate of drug-likeness (QED) is 0.165. The summed E-state index contributed by atoms with van der Waals surface area (Å²) in [6.45, 7) is 0. The van der Waals surface area contributed by atoms with Gasteiger partial charge in [-0.2, -0.15) is 0 Å². The van der Waals surface area contributed by atoms with E-state index in [1.807, 2.05) is 12.1 Å². The Kier molecular flexibility index (Phi) is 7.59. The van der Waals surface area contributed by atoms with E-state index < -0.39 is 0 Å². The highest BCUT2D eigenvalue weighted by atomic mass is 16.3. The molecule has 2 aromatic heterocycles. The van der Waals surface area contributed by atoms with E-state index in [-0.39, 0.29) is 0 Å². The van der Waals surface area contributed by atoms with E-state index >= 15 is 0 Å². The van der Waals surface area contributed by atoms with Gasteiger partial charge < -0.3 is 8.83 Å². The maximum Gasteiger partial charge on any atom is 0.136 e. The minimum absolute atomic E-state index is 0.872. The molecule has 0 unspecified atom stereocenters. The Morgan fingerprint density at radius 3 is 1.25 bits per heavy atom. The molecular formula is C65H38O2. The second kappa shape index (κ2) is 13.9. The first-order chi connectivity index (χ1) is 33.2. The van der Waals surface area contributed by atoms with Gasteiger partial charge in [-0.1, -0.05) is 182 Å². The lowest BCUT2D eigenvalue weighted by Gasteiger charge is -2.19. The fourth-order valence-electron chi connectivity index (χ4n) is 11.9. The molecule has 0 amide bonds. The van der Waals surface area contributed by atoms with E-state index in [0.717, 1.165) is 61.4 Å². The summed E-state index contributed by atoms with van der Waals surface area (Å²) in [6, 6.07) is 79.9. The van der Waals surface area contributed by atoms with Gasteiger partial charge in [-0.15, -0.1) is 0 Å². The van der Waals surface area contributed by atoms with Crippen LogP contribution in [-0.2, 0) is 6.42 Å². The van der Waals surface area contributed by atoms with Crippen molar-refractivity contribution in [1.82, 2.24) is 0 Å². The van der Waals surface area contributed by atoms with Crippen molar-refractivity contribution in [2.75, 3.05) is 0 Å². The van der Waals surface area contributed by atoms with Crippen molar-refractivity contribution in [3.8, 4) is 55.6 Å². The van der Waals surface area contributed by atoms with Gasteiger partial charge in [-0.25, -0.2) is 0 Å². The first kappa shape index (κ1) is 36.6. The summed E-state index contributed by atoms with van der Waals surface area (Å²) in [5.41, 5.74) is 18.7. The van der Waals surface area contributed by atoms with Crippen LogP contribution >= 0.6 is 0 Å². The molecule has 0 radical (unpaired) electrons. The molecule has 0 bridgehead atoms. The number of furan rings is 2. The molecule has 2 heteroatoms. The molecule has 2 nitrogen and oxygen atoms in total. The number of hydrogen-bond donors (Lipinski definition) is 0. The molecule has 14 aromatic rings. The van der Waals surface area contributed by atoms with Crippen LogP contribution in [0.15, 0.2) is 227 Å². The van der Waals surface area contributed by atoms with E-state index in [1.165, 1.54) is 98.7 Å². The van der Waals surface area contributed by atoms with E-state index in [4.69, 9.17) is 8.83 Å². The smallest absolute Gasteiger partial charge is 0.136 e. The van der Waals surface area contributed by atoms with Gasteiger partial charge in [0.15, 0.2) is 0 Å². The minimum atomic E-state index is 0.872. The highest BCUT2D eigenvalue weighted by Gasteiger charge is 2.24. The van der Waals surface area contributed by atoms with E-state index in [1.54, 1.807) is 0 Å². The first-order valence-electron chi connectivity index (χ1n) is 23.2. The van der Waals surface area contributed by atoms with E-state index in [2.05, 4.69) is 206 Å². The summed E-state index contributed by atoms with van der Waals surface area (Å²) in [4.78, 5) is 0. The Morgan fingerprint density at radius 2 is 0.642 bits per heavy atom. The van der Waals surface area contributed by atoms with Crippen LogP contribution in [0.4, 0.5) is 0 Å². The largest absolute Gasteiger partial charge is 0.456 e. The monoisotopic (exact) mass is 850 g/mol. The number of hydrogen-bond acceptors (Lipinski definition) is 2. The molecule has 0 saturated heterocycles. The molecule has 0 N–H and O–H groups in total. The first-order valence-corrected chi connectivity index (χ1v) is 23.2. The van der Waals surface area contributed by atoms with Gasteiger partial charge in [0, 0.05) is 21.5 Å². The van der Waals surface area contributed by atoms with Gasteiger partial charge in [0.05, 0.1) is 0 Å². The molecule has 0 fully saturated rings. The molecule has 0 atom stereocenters. The lowest BCUT2D eigenvalue weighted by Crippen LogP contribution is -1.92. The highest BCUT2D eigenvalue weighted by Crippen LogP contribution is 2.50. The molecule has 0 aliphatic heterocycles. The summed E-state index contributed by atoms with van der Waals surface area (Å²) in [6.07, 6.45) is 0.962. The van der Waals surface area contributed by atoms with Crippen LogP contribution < -0.4 is 0 Å². The van der Waals surface area contributed by atoms with Gasteiger partial charge in [0.25, 0.3) is 0 Å².